The molecule has 3 fully saturated rings. The Morgan fingerprint density at radius 3 is 2.55 bits per heavy atom. The molecule has 160 valence electrons. The van der Waals surface area contributed by atoms with Crippen molar-refractivity contribution >= 4 is 11.6 Å². The van der Waals surface area contributed by atoms with Crippen molar-refractivity contribution in [1.29, 1.82) is 0 Å². The van der Waals surface area contributed by atoms with Crippen LogP contribution in [0.15, 0.2) is 23.8 Å². The molecule has 7 heteroatoms. The molecule has 0 spiro atoms. The molecule has 0 aromatic carbocycles. The Morgan fingerprint density at radius 2 is 1.93 bits per heavy atom. The number of aliphatic hydroxyl groups is 3. The lowest BCUT2D eigenvalue weighted by Crippen LogP contribution is -2.70. The Balaban J connectivity index is 1.87. The summed E-state index contributed by atoms with van der Waals surface area (Å²) in [4.78, 5) is 24.3. The van der Waals surface area contributed by atoms with Gasteiger partial charge in [-0.15, -0.1) is 0 Å². The summed E-state index contributed by atoms with van der Waals surface area (Å²) in [6, 6.07) is 0. The SMILES string of the molecule is C[C@@H]1CC2C3C[C@H](F)C4=CC(=O)C=C[C@]4(C)[C@@]3(F)[C@H](O)C[C@]2(C)[C@@]1(O)C(=O)CO. The number of carbonyl (C=O) groups is 2. The van der Waals surface area contributed by atoms with E-state index in [0.29, 0.717) is 0 Å². The average molecular weight is 410 g/mol. The Hall–Kier alpha value is -1.44. The van der Waals surface area contributed by atoms with E-state index >= 15 is 8.78 Å². The third-order valence-corrected chi connectivity index (χ3v) is 8.78. The summed E-state index contributed by atoms with van der Waals surface area (Å²) < 4.78 is 32.1. The van der Waals surface area contributed by atoms with Crippen LogP contribution in [0, 0.1) is 28.6 Å². The highest BCUT2D eigenvalue weighted by molar-refractivity contribution is 6.01. The molecule has 4 aliphatic rings. The van der Waals surface area contributed by atoms with Crippen LogP contribution in [-0.2, 0) is 9.59 Å². The van der Waals surface area contributed by atoms with Crippen LogP contribution < -0.4 is 0 Å². The van der Waals surface area contributed by atoms with Gasteiger partial charge in [0.1, 0.15) is 18.4 Å². The molecule has 3 saturated carbocycles. The number of fused-ring (bicyclic) bond motifs is 5. The van der Waals surface area contributed by atoms with Gasteiger partial charge in [0.2, 0.25) is 0 Å². The number of rotatable bonds is 2. The van der Waals surface area contributed by atoms with E-state index in [-0.39, 0.29) is 24.8 Å². The van der Waals surface area contributed by atoms with E-state index < -0.39 is 70.3 Å². The van der Waals surface area contributed by atoms with Gasteiger partial charge in [-0.2, -0.15) is 0 Å². The lowest BCUT2D eigenvalue weighted by Gasteiger charge is -2.63. The monoisotopic (exact) mass is 410 g/mol. The molecule has 4 rings (SSSR count). The number of hydrogen-bond acceptors (Lipinski definition) is 5. The summed E-state index contributed by atoms with van der Waals surface area (Å²) in [7, 11) is 0. The van der Waals surface area contributed by atoms with Crippen molar-refractivity contribution in [3.05, 3.63) is 23.8 Å². The number of aliphatic hydroxyl groups excluding tert-OH is 2. The molecule has 9 atom stereocenters. The molecule has 0 aromatic rings. The Bertz CT molecular complexity index is 839. The number of allylic oxidation sites excluding steroid dienone is 4. The number of alkyl halides is 2. The molecule has 0 radical (unpaired) electrons. The first-order valence-corrected chi connectivity index (χ1v) is 10.2. The fourth-order valence-electron chi connectivity index (χ4n) is 7.25. The van der Waals surface area contributed by atoms with Gasteiger partial charge in [-0.3, -0.25) is 9.59 Å². The molecule has 0 aromatic heterocycles. The van der Waals surface area contributed by atoms with Gasteiger partial charge < -0.3 is 15.3 Å². The molecule has 2 unspecified atom stereocenters. The fourth-order valence-corrected chi connectivity index (χ4v) is 7.25. The summed E-state index contributed by atoms with van der Waals surface area (Å²) in [5, 5.41) is 31.9. The van der Waals surface area contributed by atoms with Crippen molar-refractivity contribution in [3.8, 4) is 0 Å². The van der Waals surface area contributed by atoms with Gasteiger partial charge in [-0.1, -0.05) is 19.9 Å². The maximum absolute atomic E-state index is 16.9. The quantitative estimate of drug-likeness (QED) is 0.646. The van der Waals surface area contributed by atoms with E-state index in [1.54, 1.807) is 13.8 Å². The van der Waals surface area contributed by atoms with Crippen molar-refractivity contribution in [2.24, 2.45) is 28.6 Å². The summed E-state index contributed by atoms with van der Waals surface area (Å²) in [6.45, 7) is 3.96. The third kappa shape index (κ3) is 2.19. The van der Waals surface area contributed by atoms with E-state index in [4.69, 9.17) is 0 Å². The number of halogens is 2. The second-order valence-electron chi connectivity index (χ2n) is 9.84. The molecule has 0 saturated heterocycles. The predicted octanol–water partition coefficient (Wildman–Crippen LogP) is 1.84. The van der Waals surface area contributed by atoms with Gasteiger partial charge in [0.25, 0.3) is 0 Å². The second-order valence-corrected chi connectivity index (χ2v) is 9.84. The molecule has 5 nitrogen and oxygen atoms in total. The summed E-state index contributed by atoms with van der Waals surface area (Å²) in [6.07, 6.45) is 0.427. The highest BCUT2D eigenvalue weighted by Gasteiger charge is 2.76. The van der Waals surface area contributed by atoms with E-state index in [9.17, 15) is 24.9 Å². The average Bonchev–Trinajstić information content (AvgIpc) is 2.86. The Morgan fingerprint density at radius 1 is 1.28 bits per heavy atom. The van der Waals surface area contributed by atoms with E-state index in [1.807, 2.05) is 0 Å². The van der Waals surface area contributed by atoms with E-state index in [2.05, 4.69) is 0 Å². The molecule has 29 heavy (non-hydrogen) atoms. The first kappa shape index (κ1) is 20.8. The highest BCUT2D eigenvalue weighted by atomic mass is 19.1. The minimum Gasteiger partial charge on any atom is -0.390 e. The normalized spacial score (nSPS) is 53.7. The standard InChI is InChI=1S/C22H28F2O5/c1-11-6-13-14-8-16(23)15-7-12(26)4-5-19(15,2)21(14,24)17(27)9-20(13,3)22(11,29)18(28)10-25/h4-5,7,11,13-14,16-17,25,27,29H,6,8-10H2,1-3H3/t11-,13?,14?,16+,17-,19+,20+,21+,22+/m1/s1. The van der Waals surface area contributed by atoms with Crippen LogP contribution in [0.1, 0.15) is 40.0 Å². The zero-order chi connectivity index (χ0) is 21.6. The zero-order valence-electron chi connectivity index (χ0n) is 16.9. The van der Waals surface area contributed by atoms with Gasteiger partial charge in [-0.05, 0) is 55.7 Å². The van der Waals surface area contributed by atoms with Crippen LogP contribution in [0.25, 0.3) is 0 Å². The molecule has 0 heterocycles. The fraction of sp³-hybridized carbons (Fsp3) is 0.727. The highest BCUT2D eigenvalue weighted by Crippen LogP contribution is 2.70. The maximum atomic E-state index is 16.9. The molecule has 0 bridgehead atoms. The lowest BCUT2D eigenvalue weighted by atomic mass is 9.44. The van der Waals surface area contributed by atoms with Gasteiger partial charge in [-0.25, -0.2) is 8.78 Å². The van der Waals surface area contributed by atoms with Crippen LogP contribution in [0.2, 0.25) is 0 Å². The molecule has 0 amide bonds. The van der Waals surface area contributed by atoms with Gasteiger partial charge in [0.15, 0.2) is 17.2 Å². The number of ketones is 2. The predicted molar refractivity (Wildman–Crippen MR) is 100 cm³/mol. The number of hydrogen-bond donors (Lipinski definition) is 3. The van der Waals surface area contributed by atoms with Crippen LogP contribution in [0.5, 0.6) is 0 Å². The molecule has 4 aliphatic carbocycles. The van der Waals surface area contributed by atoms with E-state index in [1.165, 1.54) is 19.1 Å². The smallest absolute Gasteiger partial charge is 0.190 e. The first-order chi connectivity index (χ1) is 13.4. The first-order valence-electron chi connectivity index (χ1n) is 10.2. The minimum atomic E-state index is -2.24. The van der Waals surface area contributed by atoms with Gasteiger partial charge >= 0.3 is 0 Å². The number of carbonyl (C=O) groups excluding carboxylic acids is 2. The molecular formula is C22H28F2O5. The molecule has 3 N–H and O–H groups in total. The van der Waals surface area contributed by atoms with Crippen molar-refractivity contribution < 1.29 is 33.7 Å². The maximum Gasteiger partial charge on any atom is 0.190 e. The topological polar surface area (TPSA) is 94.8 Å². The Labute approximate surface area is 168 Å². The van der Waals surface area contributed by atoms with Gasteiger partial charge in [0, 0.05) is 16.7 Å². The third-order valence-electron chi connectivity index (χ3n) is 8.78. The Kier molecular flexibility index (Phi) is 4.34. The number of Topliss-reactive ketones (excluding diaryl/α,β-unsaturated/α-hetero) is 1. The van der Waals surface area contributed by atoms with Gasteiger partial charge in [0.05, 0.1) is 6.10 Å². The zero-order valence-corrected chi connectivity index (χ0v) is 16.9. The second kappa shape index (κ2) is 6.05. The van der Waals surface area contributed by atoms with E-state index in [0.717, 1.165) is 6.08 Å². The summed E-state index contributed by atoms with van der Waals surface area (Å²) >= 11 is 0. The minimum absolute atomic E-state index is 0.0409. The van der Waals surface area contributed by atoms with Crippen LogP contribution in [0.3, 0.4) is 0 Å². The van der Waals surface area contributed by atoms with Crippen molar-refractivity contribution in [2.75, 3.05) is 6.61 Å². The summed E-state index contributed by atoms with van der Waals surface area (Å²) in [5.74, 6) is -3.24. The molecule has 0 aliphatic heterocycles. The van der Waals surface area contributed by atoms with Crippen LogP contribution in [0.4, 0.5) is 8.78 Å². The summed E-state index contributed by atoms with van der Waals surface area (Å²) in [5.41, 5.74) is -6.81. The largest absolute Gasteiger partial charge is 0.390 e. The van der Waals surface area contributed by atoms with Crippen molar-refractivity contribution in [1.82, 2.24) is 0 Å². The lowest BCUT2D eigenvalue weighted by molar-refractivity contribution is -0.223. The van der Waals surface area contributed by atoms with Crippen LogP contribution in [-0.4, -0.2) is 57.0 Å². The van der Waals surface area contributed by atoms with Crippen LogP contribution >= 0.6 is 0 Å². The van der Waals surface area contributed by atoms with Crippen molar-refractivity contribution in [3.63, 3.8) is 0 Å². The van der Waals surface area contributed by atoms with Crippen molar-refractivity contribution in [2.45, 2.75) is 63.6 Å². The molecular weight excluding hydrogens is 382 g/mol.